The van der Waals surface area contributed by atoms with Gasteiger partial charge < -0.3 is 14.9 Å². The molecule has 2 aliphatic heterocycles. The number of amides is 1. The maximum absolute atomic E-state index is 12.8. The molecule has 2 fully saturated rings. The minimum Gasteiger partial charge on any atom is -0.478 e. The van der Waals surface area contributed by atoms with Crippen molar-refractivity contribution in [1.29, 1.82) is 0 Å². The summed E-state index contributed by atoms with van der Waals surface area (Å²) >= 11 is 0. The molecular weight excluding hydrogens is 742 g/mol. The van der Waals surface area contributed by atoms with E-state index in [2.05, 4.69) is 81.3 Å². The lowest BCUT2D eigenvalue weighted by Crippen LogP contribution is -2.53. The third-order valence-corrected chi connectivity index (χ3v) is 8.85. The first-order chi connectivity index (χ1) is 26.6. The van der Waals surface area contributed by atoms with Crippen LogP contribution in [0.25, 0.3) is 35.2 Å². The Morgan fingerprint density at radius 2 is 1.19 bits per heavy atom. The number of aryl methyl sites for hydroxylation is 3. The molecule has 4 N–H and O–H groups in total. The van der Waals surface area contributed by atoms with Gasteiger partial charge in [-0.05, 0) is 69.8 Å². The van der Waals surface area contributed by atoms with E-state index in [0.717, 1.165) is 100 Å². The van der Waals surface area contributed by atoms with Gasteiger partial charge in [0, 0.05) is 88.0 Å². The quantitative estimate of drug-likeness (QED) is 0.159. The molecule has 310 valence electrons. The molecule has 6 rings (SSSR count). The monoisotopic (exact) mass is 796 g/mol. The van der Waals surface area contributed by atoms with E-state index >= 15 is 0 Å². The number of halogens is 3. The number of likely N-dealkylation sites (N-methyl/N-ethyl adjacent to an activating group) is 2. The van der Waals surface area contributed by atoms with Crippen molar-refractivity contribution < 1.29 is 27.9 Å². The number of nitrogens with one attached hydrogen (secondary N) is 1. The van der Waals surface area contributed by atoms with Crippen LogP contribution in [0.15, 0.2) is 61.2 Å². The Bertz CT molecular complexity index is 1920. The first kappa shape index (κ1) is 46.1. The van der Waals surface area contributed by atoms with Crippen molar-refractivity contribution in [3.05, 3.63) is 83.5 Å². The number of carboxylic acids is 1. The molecule has 57 heavy (non-hydrogen) atoms. The van der Waals surface area contributed by atoms with Crippen LogP contribution >= 0.6 is 0 Å². The van der Waals surface area contributed by atoms with Gasteiger partial charge in [0.15, 0.2) is 11.6 Å². The van der Waals surface area contributed by atoms with Crippen LogP contribution in [0.1, 0.15) is 43.5 Å². The average Bonchev–Trinajstić information content (AvgIpc) is 3.84. The molecule has 0 radical (unpaired) electrons. The fourth-order valence-electron chi connectivity index (χ4n) is 5.87. The van der Waals surface area contributed by atoms with Gasteiger partial charge in [-0.25, -0.2) is 34.1 Å². The van der Waals surface area contributed by atoms with Gasteiger partial charge in [0.05, 0.1) is 5.56 Å². The number of aromatic nitrogens is 6. The van der Waals surface area contributed by atoms with Crippen molar-refractivity contribution >= 4 is 24.3 Å². The zero-order chi connectivity index (χ0) is 40.8. The summed E-state index contributed by atoms with van der Waals surface area (Å²) in [7, 11) is 0. The number of hydrogen-bond donors (Lipinski definition) is 3. The predicted molar refractivity (Wildman–Crippen MR) is 215 cm³/mol. The van der Waals surface area contributed by atoms with E-state index in [1.807, 2.05) is 10.0 Å². The van der Waals surface area contributed by atoms with Crippen molar-refractivity contribution in [2.75, 3.05) is 65.4 Å². The number of benzene rings is 2. The number of carbonyl (C=O) groups is 2. The van der Waals surface area contributed by atoms with Crippen molar-refractivity contribution in [2.45, 2.75) is 48.2 Å². The molecule has 4 heterocycles. The molecule has 0 bridgehead atoms. The fourth-order valence-corrected chi connectivity index (χ4v) is 5.87. The number of hydrazine groups is 2. The predicted octanol–water partition coefficient (Wildman–Crippen LogP) is 4.66. The first-order valence-electron chi connectivity index (χ1n) is 18.3. The molecule has 1 amide bonds. The second kappa shape index (κ2) is 21.9. The third-order valence-electron chi connectivity index (χ3n) is 8.85. The molecule has 2 aromatic carbocycles. The van der Waals surface area contributed by atoms with Crippen LogP contribution in [0.4, 0.5) is 13.2 Å². The molecule has 0 unspecified atom stereocenters. The van der Waals surface area contributed by atoms with E-state index in [9.17, 15) is 22.8 Å². The molecule has 0 saturated carbocycles. The number of carbonyl (C=O) groups excluding carboxylic acids is 1. The number of carboxylic acid groups (broad SMARTS) is 1. The van der Waals surface area contributed by atoms with Crippen LogP contribution in [0.2, 0.25) is 0 Å². The van der Waals surface area contributed by atoms with Crippen molar-refractivity contribution in [3.8, 4) is 22.8 Å². The molecular formula is C39H55F3N12O3. The van der Waals surface area contributed by atoms with Crippen LogP contribution in [0.5, 0.6) is 0 Å². The number of alkyl halides is 3. The summed E-state index contributed by atoms with van der Waals surface area (Å²) in [5.74, 6) is 4.97. The summed E-state index contributed by atoms with van der Waals surface area (Å²) < 4.78 is 40.9. The van der Waals surface area contributed by atoms with Gasteiger partial charge in [-0.3, -0.25) is 16.1 Å². The summed E-state index contributed by atoms with van der Waals surface area (Å²) in [4.78, 5) is 35.4. The van der Waals surface area contributed by atoms with E-state index < -0.39 is 17.7 Å². The highest BCUT2D eigenvalue weighted by Crippen LogP contribution is 2.32. The van der Waals surface area contributed by atoms with Crippen molar-refractivity contribution in [2.24, 2.45) is 5.84 Å². The fraction of sp³-hybridized carbons (Fsp3) is 0.436. The zero-order valence-electron chi connectivity index (χ0n) is 32.4. The van der Waals surface area contributed by atoms with Crippen molar-refractivity contribution in [1.82, 2.24) is 54.8 Å². The van der Waals surface area contributed by atoms with Crippen LogP contribution < -0.4 is 11.3 Å². The highest BCUT2D eigenvalue weighted by atomic mass is 19.4. The SMILES string of the molecule is C.CCN1CCN(N)CC1.CCN1CCN(NC(=O)/C=C\n2cnc(-c3cc(C)cc(C)c3)n2)CC1.Cc1cc(-c2ncn(/C=C\C(=O)O)n2)cc(C(F)(F)F)c1. The minimum atomic E-state index is -4.45. The highest BCUT2D eigenvalue weighted by molar-refractivity contribution is 5.89. The molecule has 18 heteroatoms. The molecule has 15 nitrogen and oxygen atoms in total. The third kappa shape index (κ3) is 15.3. The van der Waals surface area contributed by atoms with E-state index in [4.69, 9.17) is 10.9 Å². The van der Waals surface area contributed by atoms with Gasteiger partial charge in [0.1, 0.15) is 12.7 Å². The number of aliphatic carboxylic acids is 1. The second-order valence-corrected chi connectivity index (χ2v) is 13.4. The van der Waals surface area contributed by atoms with Crippen molar-refractivity contribution in [3.63, 3.8) is 0 Å². The smallest absolute Gasteiger partial charge is 0.416 e. The minimum absolute atomic E-state index is 0. The lowest BCUT2D eigenvalue weighted by Gasteiger charge is -2.33. The Morgan fingerprint density at radius 1 is 0.737 bits per heavy atom. The van der Waals surface area contributed by atoms with Gasteiger partial charge in [-0.2, -0.15) is 13.2 Å². The zero-order valence-corrected chi connectivity index (χ0v) is 32.4. The largest absolute Gasteiger partial charge is 0.478 e. The van der Waals surface area contributed by atoms with Gasteiger partial charge in [-0.1, -0.05) is 38.5 Å². The first-order valence-corrected chi connectivity index (χ1v) is 18.3. The Kier molecular flexibility index (Phi) is 17.7. The molecule has 0 atom stereocenters. The standard InChI is InChI=1S/C19H26N6O.C13H10F3N3O2.C6H15N3.CH4/c1-4-23-7-9-24(10-8-23)21-18(26)5-6-25-14-20-19(22-25)17-12-15(2)11-16(3)13-17;1-8-4-9(6-10(5-8)13(14,15)16)12-17-7-19(18-12)3-2-11(20)21;1-2-8-3-5-9(7)6-4-8;/h5-6,11-14H,4,7-10H2,1-3H3,(H,21,26);2-7H,1H3,(H,20,21);2-7H2,1H3;1H4/b6-5-;3-2-;;. The lowest BCUT2D eigenvalue weighted by atomic mass is 10.1. The average molecular weight is 797 g/mol. The van der Waals surface area contributed by atoms with Gasteiger partial charge >= 0.3 is 12.1 Å². The van der Waals surface area contributed by atoms with Gasteiger partial charge in [-0.15, -0.1) is 10.2 Å². The van der Waals surface area contributed by atoms with Crippen LogP contribution in [-0.4, -0.2) is 132 Å². The Labute approximate surface area is 332 Å². The van der Waals surface area contributed by atoms with Crippen LogP contribution in [-0.2, 0) is 15.8 Å². The van der Waals surface area contributed by atoms with E-state index in [1.165, 1.54) is 29.6 Å². The van der Waals surface area contributed by atoms with E-state index in [0.29, 0.717) is 11.4 Å². The van der Waals surface area contributed by atoms with Crippen LogP contribution in [0.3, 0.4) is 0 Å². The van der Waals surface area contributed by atoms with E-state index in [-0.39, 0.29) is 24.7 Å². The maximum Gasteiger partial charge on any atom is 0.416 e. The highest BCUT2D eigenvalue weighted by Gasteiger charge is 2.31. The normalized spacial score (nSPS) is 15.7. The molecule has 4 aromatic rings. The Balaban J connectivity index is 0.000000251. The van der Waals surface area contributed by atoms with E-state index in [1.54, 1.807) is 24.1 Å². The molecule has 0 aliphatic carbocycles. The summed E-state index contributed by atoms with van der Waals surface area (Å²) in [5, 5.41) is 20.7. The summed E-state index contributed by atoms with van der Waals surface area (Å²) in [6.45, 7) is 20.1. The van der Waals surface area contributed by atoms with Gasteiger partial charge in [0.25, 0.3) is 5.91 Å². The second-order valence-electron chi connectivity index (χ2n) is 13.4. The number of hydrogen-bond acceptors (Lipinski definition) is 11. The maximum atomic E-state index is 12.8. The Hall–Kier alpha value is -5.27. The molecule has 2 aromatic heterocycles. The summed E-state index contributed by atoms with van der Waals surface area (Å²) in [5.41, 5.74) is 6.10. The molecule has 0 spiro atoms. The summed E-state index contributed by atoms with van der Waals surface area (Å²) in [6, 6.07) is 9.73. The molecule has 2 aliphatic rings. The number of nitrogens with two attached hydrogens (primary N) is 1. The number of rotatable bonds is 9. The lowest BCUT2D eigenvalue weighted by molar-refractivity contribution is -0.137. The Morgan fingerprint density at radius 3 is 1.67 bits per heavy atom. The molecule has 2 saturated heterocycles. The number of piperazine rings is 2. The topological polar surface area (TPSA) is 167 Å². The number of nitrogens with zero attached hydrogens (tertiary/aromatic N) is 10. The van der Waals surface area contributed by atoms with Crippen LogP contribution in [0, 0.1) is 20.8 Å². The van der Waals surface area contributed by atoms with Gasteiger partial charge in [0.2, 0.25) is 0 Å². The summed E-state index contributed by atoms with van der Waals surface area (Å²) in [6.07, 6.45) is 3.45.